The minimum absolute atomic E-state index is 0.656. The van der Waals surface area contributed by atoms with Crippen molar-refractivity contribution >= 4 is 68.4 Å². The van der Waals surface area contributed by atoms with E-state index in [1.54, 1.807) is 12.2 Å². The summed E-state index contributed by atoms with van der Waals surface area (Å²) in [5, 5.41) is 19.7. The summed E-state index contributed by atoms with van der Waals surface area (Å²) in [5.74, 6) is -2.10. The van der Waals surface area contributed by atoms with Gasteiger partial charge < -0.3 is 20.2 Å². The first-order valence-electron chi connectivity index (χ1n) is 18.2. The average Bonchev–Trinajstić information content (AvgIpc) is 3.84. The molecule has 8 bridgehead atoms. The highest BCUT2D eigenvalue weighted by Gasteiger charge is 2.28. The number of hydrogen-bond acceptors (Lipinski definition) is 4. The van der Waals surface area contributed by atoms with Gasteiger partial charge in [-0.25, -0.2) is 19.6 Å². The summed E-state index contributed by atoms with van der Waals surface area (Å²) in [6, 6.07) is 4.39. The predicted molar refractivity (Wildman–Crippen MR) is 207 cm³/mol. The number of aromatic amines is 2. The smallest absolute Gasteiger partial charge is 0.328 e. The molecule has 0 aromatic carbocycles. The van der Waals surface area contributed by atoms with E-state index in [4.69, 9.17) is 9.97 Å². The van der Waals surface area contributed by atoms with E-state index < -0.39 is 11.9 Å². The first kappa shape index (κ1) is 36.3. The molecule has 0 saturated carbocycles. The second-order valence-electron chi connectivity index (χ2n) is 12.6. The third kappa shape index (κ3) is 6.39. The van der Waals surface area contributed by atoms with Crippen molar-refractivity contribution in [2.45, 2.75) is 107 Å². The zero-order chi connectivity index (χ0) is 36.3. The summed E-state index contributed by atoms with van der Waals surface area (Å²) in [6.07, 6.45) is 11.7. The largest absolute Gasteiger partial charge is 0.478 e. The van der Waals surface area contributed by atoms with Crippen LogP contribution in [0.1, 0.15) is 137 Å². The van der Waals surface area contributed by atoms with Crippen LogP contribution in [-0.2, 0) is 35.3 Å². The van der Waals surface area contributed by atoms with Gasteiger partial charge in [0.05, 0.1) is 28.3 Å². The van der Waals surface area contributed by atoms with Crippen molar-refractivity contribution in [2.24, 2.45) is 0 Å². The minimum atomic E-state index is -1.05. The van der Waals surface area contributed by atoms with Crippen LogP contribution in [0.4, 0.5) is 0 Å². The van der Waals surface area contributed by atoms with Crippen LogP contribution in [0.5, 0.6) is 0 Å². The highest BCUT2D eigenvalue weighted by molar-refractivity contribution is 6.03. The number of carboxylic acids is 2. The van der Waals surface area contributed by atoms with Crippen molar-refractivity contribution in [2.75, 3.05) is 0 Å². The van der Waals surface area contributed by atoms with E-state index in [0.29, 0.717) is 41.8 Å². The lowest BCUT2D eigenvalue weighted by molar-refractivity contribution is -0.132. The Kier molecular flexibility index (Phi) is 11.1. The van der Waals surface area contributed by atoms with E-state index >= 15 is 0 Å². The molecule has 8 nitrogen and oxygen atoms in total. The van der Waals surface area contributed by atoms with Gasteiger partial charge in [-0.05, 0) is 120 Å². The van der Waals surface area contributed by atoms with Gasteiger partial charge >= 0.3 is 11.9 Å². The summed E-state index contributed by atoms with van der Waals surface area (Å²) in [6.45, 7) is 17.1. The van der Waals surface area contributed by atoms with E-state index in [-0.39, 0.29) is 0 Å². The lowest BCUT2D eigenvalue weighted by Crippen LogP contribution is -1.96. The third-order valence-corrected chi connectivity index (χ3v) is 10.1. The van der Waals surface area contributed by atoms with Crippen LogP contribution in [0.15, 0.2) is 24.3 Å². The molecule has 5 heterocycles. The van der Waals surface area contributed by atoms with Crippen LogP contribution in [0.2, 0.25) is 0 Å². The summed E-state index contributed by atoms with van der Waals surface area (Å²) in [5.41, 5.74) is 17.3. The average molecular weight is 675 g/mol. The Labute approximate surface area is 294 Å². The molecular weight excluding hydrogens is 624 g/mol. The third-order valence-electron chi connectivity index (χ3n) is 10.1. The molecule has 0 unspecified atom stereocenters. The number of aliphatic carboxylic acids is 2. The van der Waals surface area contributed by atoms with Gasteiger partial charge in [0.15, 0.2) is 0 Å². The summed E-state index contributed by atoms with van der Waals surface area (Å²) in [7, 11) is 0. The van der Waals surface area contributed by atoms with Gasteiger partial charge in [-0.1, -0.05) is 55.4 Å². The van der Waals surface area contributed by atoms with E-state index in [9.17, 15) is 19.8 Å². The summed E-state index contributed by atoms with van der Waals surface area (Å²) < 4.78 is 0. The molecule has 0 radical (unpaired) electrons. The number of carbonyl (C=O) groups is 2. The first-order chi connectivity index (χ1) is 24.1. The number of aryl methyl sites for hydroxylation is 4. The zero-order valence-electron chi connectivity index (χ0n) is 30.7. The van der Waals surface area contributed by atoms with Crippen LogP contribution in [-0.4, -0.2) is 42.1 Å². The van der Waals surface area contributed by atoms with E-state index in [1.165, 1.54) is 28.8 Å². The molecule has 0 atom stereocenters. The first-order valence-corrected chi connectivity index (χ1v) is 18.2. The molecule has 0 amide bonds. The van der Waals surface area contributed by atoms with E-state index in [2.05, 4.69) is 77.5 Å². The Morgan fingerprint density at radius 1 is 0.540 bits per heavy atom. The van der Waals surface area contributed by atoms with Gasteiger partial charge in [0.1, 0.15) is 0 Å². The van der Waals surface area contributed by atoms with Gasteiger partial charge in [0, 0.05) is 39.8 Å². The van der Waals surface area contributed by atoms with Crippen molar-refractivity contribution < 1.29 is 19.8 Å². The standard InChI is InChI=1S/C42H50N4O4/c1-9-23-24(10-2)34-22-36-26(12-4)28(14-6)40(45-36)32(18-20-38(49)50)42-30(16-8)29(15-7)41(46-42)31(17-19-37(47)48)39-27(13-5)25(11-3)35(44-39)21-33(23)43-34/h17-22,43-44H,9-16H2,1-8H3,(H,47,48)(H,49,50)/b19-17+,20-18+,33-21?,34-22?,35-21?,36-22?,39-31?,40-32?,41-31?,42-32?. The van der Waals surface area contributed by atoms with Gasteiger partial charge in [0.25, 0.3) is 0 Å². The maximum Gasteiger partial charge on any atom is 0.328 e. The van der Waals surface area contributed by atoms with Crippen LogP contribution < -0.4 is 0 Å². The Morgan fingerprint density at radius 2 is 0.960 bits per heavy atom. The number of fused-ring (bicyclic) bond motifs is 8. The molecule has 0 aliphatic carbocycles. The number of hydrogen-bond donors (Lipinski definition) is 4. The number of H-pyrrole nitrogens is 2. The second kappa shape index (κ2) is 15.3. The van der Waals surface area contributed by atoms with Crippen molar-refractivity contribution in [3.63, 3.8) is 0 Å². The van der Waals surface area contributed by atoms with Crippen LogP contribution in [0, 0.1) is 0 Å². The fourth-order valence-corrected chi connectivity index (χ4v) is 7.97. The number of nitrogens with one attached hydrogen (secondary N) is 2. The van der Waals surface area contributed by atoms with E-state index in [1.807, 2.05) is 0 Å². The molecule has 2 aliphatic rings. The molecule has 0 saturated heterocycles. The van der Waals surface area contributed by atoms with E-state index in [0.717, 1.165) is 93.4 Å². The fourth-order valence-electron chi connectivity index (χ4n) is 7.97. The predicted octanol–water partition coefficient (Wildman–Crippen LogP) is 10.2. The molecule has 8 heteroatoms. The quantitative estimate of drug-likeness (QED) is 0.141. The molecule has 50 heavy (non-hydrogen) atoms. The Hall–Kier alpha value is -4.98. The maximum atomic E-state index is 12.0. The lowest BCUT2D eigenvalue weighted by Gasteiger charge is -2.09. The molecule has 0 spiro atoms. The lowest BCUT2D eigenvalue weighted by atomic mass is 9.92. The number of carboxylic acid groups (broad SMARTS) is 2. The Balaban J connectivity index is 2.21. The molecular formula is C42H50N4O4. The van der Waals surface area contributed by atoms with Crippen molar-refractivity contribution in [3.05, 3.63) is 80.4 Å². The van der Waals surface area contributed by atoms with Gasteiger partial charge in [-0.2, -0.15) is 0 Å². The topological polar surface area (TPSA) is 132 Å². The Bertz CT molecular complexity index is 2150. The summed E-state index contributed by atoms with van der Waals surface area (Å²) >= 11 is 0. The molecule has 3 aromatic heterocycles. The summed E-state index contributed by atoms with van der Waals surface area (Å²) in [4.78, 5) is 42.2. The molecule has 262 valence electrons. The molecule has 5 rings (SSSR count). The minimum Gasteiger partial charge on any atom is -0.478 e. The Morgan fingerprint density at radius 3 is 1.46 bits per heavy atom. The highest BCUT2D eigenvalue weighted by Crippen LogP contribution is 2.43. The van der Waals surface area contributed by atoms with Crippen LogP contribution in [0.25, 0.3) is 56.5 Å². The van der Waals surface area contributed by atoms with Crippen LogP contribution in [0.3, 0.4) is 0 Å². The van der Waals surface area contributed by atoms with Gasteiger partial charge in [-0.15, -0.1) is 0 Å². The maximum absolute atomic E-state index is 12.0. The normalized spacial score (nSPS) is 13.4. The molecule has 0 fully saturated rings. The SMILES string of the molecule is CCC1=C(CC)c2nc1cc1[nH]c(cc3[nH]c(c(/C=C/C(=O)O)c4nc(c2/C=C/C(=O)O)C(CC)=C4CC)c(CC)c3CC)c(CC)c1CC. The van der Waals surface area contributed by atoms with Crippen molar-refractivity contribution in [1.82, 2.24) is 19.9 Å². The monoisotopic (exact) mass is 674 g/mol. The fraction of sp³-hybridized carbons (Fsp3) is 0.381. The zero-order valence-corrected chi connectivity index (χ0v) is 30.7. The second-order valence-corrected chi connectivity index (χ2v) is 12.6. The molecule has 4 N–H and O–H groups in total. The number of aromatic nitrogens is 4. The van der Waals surface area contributed by atoms with Gasteiger partial charge in [-0.3, -0.25) is 0 Å². The van der Waals surface area contributed by atoms with Crippen LogP contribution >= 0.6 is 0 Å². The number of nitrogens with zero attached hydrogens (tertiary/aromatic N) is 2. The molecule has 3 aromatic rings. The highest BCUT2D eigenvalue weighted by atomic mass is 16.4. The van der Waals surface area contributed by atoms with Crippen molar-refractivity contribution in [3.8, 4) is 0 Å². The van der Waals surface area contributed by atoms with Crippen molar-refractivity contribution in [1.29, 1.82) is 0 Å². The van der Waals surface area contributed by atoms with Gasteiger partial charge in [0.2, 0.25) is 0 Å². The number of rotatable bonds is 12. The number of allylic oxidation sites excluding steroid dienone is 4. The molecule has 2 aliphatic heterocycles.